The Balaban J connectivity index is 2.07. The lowest BCUT2D eigenvalue weighted by atomic mass is 10.2. The quantitative estimate of drug-likeness (QED) is 0.658. The van der Waals surface area contributed by atoms with E-state index in [1.165, 1.54) is 0 Å². The molecule has 0 aliphatic carbocycles. The molecule has 1 rings (SSSR count). The topological polar surface area (TPSA) is 59.0 Å². The van der Waals surface area contributed by atoms with Crippen LogP contribution in [-0.4, -0.2) is 34.6 Å². The van der Waals surface area contributed by atoms with Crippen LogP contribution in [0.4, 0.5) is 0 Å². The molecule has 1 amide bonds. The molecule has 0 aliphatic rings. The number of imidazole rings is 1. The second-order valence-corrected chi connectivity index (χ2v) is 4.06. The highest BCUT2D eigenvalue weighted by molar-refractivity contribution is 5.78. The van der Waals surface area contributed by atoms with Gasteiger partial charge in [-0.3, -0.25) is 4.79 Å². The Morgan fingerprint density at radius 3 is 2.76 bits per heavy atom. The molecular formula is C12H22N4O. The Labute approximate surface area is 103 Å². The molecule has 0 saturated carbocycles. The van der Waals surface area contributed by atoms with Gasteiger partial charge in [0, 0.05) is 31.5 Å². The SMILES string of the molecule is CCC(CC)NC(=O)CNCCn1ccnc1. The summed E-state index contributed by atoms with van der Waals surface area (Å²) in [4.78, 5) is 15.5. The number of hydrogen-bond acceptors (Lipinski definition) is 3. The smallest absolute Gasteiger partial charge is 0.234 e. The van der Waals surface area contributed by atoms with E-state index < -0.39 is 0 Å². The molecule has 5 nitrogen and oxygen atoms in total. The van der Waals surface area contributed by atoms with Crippen molar-refractivity contribution in [3.63, 3.8) is 0 Å². The molecule has 0 unspecified atom stereocenters. The van der Waals surface area contributed by atoms with Crippen LogP contribution in [0.3, 0.4) is 0 Å². The zero-order chi connectivity index (χ0) is 12.5. The van der Waals surface area contributed by atoms with Crippen LogP contribution in [0.2, 0.25) is 0 Å². The monoisotopic (exact) mass is 238 g/mol. The fraction of sp³-hybridized carbons (Fsp3) is 0.667. The first-order valence-corrected chi connectivity index (χ1v) is 6.22. The summed E-state index contributed by atoms with van der Waals surface area (Å²) in [5.41, 5.74) is 0. The number of nitrogens with zero attached hydrogens (tertiary/aromatic N) is 2. The maximum Gasteiger partial charge on any atom is 0.234 e. The molecule has 0 bridgehead atoms. The summed E-state index contributed by atoms with van der Waals surface area (Å²) in [5, 5.41) is 6.11. The molecule has 0 saturated heterocycles. The highest BCUT2D eigenvalue weighted by atomic mass is 16.1. The predicted octanol–water partition coefficient (Wildman–Crippen LogP) is 0.777. The van der Waals surface area contributed by atoms with Crippen LogP contribution in [0.1, 0.15) is 26.7 Å². The van der Waals surface area contributed by atoms with Gasteiger partial charge >= 0.3 is 0 Å². The van der Waals surface area contributed by atoms with Crippen LogP contribution < -0.4 is 10.6 Å². The maximum atomic E-state index is 11.5. The van der Waals surface area contributed by atoms with Crippen LogP contribution >= 0.6 is 0 Å². The van der Waals surface area contributed by atoms with Gasteiger partial charge in [-0.15, -0.1) is 0 Å². The second-order valence-electron chi connectivity index (χ2n) is 4.06. The van der Waals surface area contributed by atoms with Crippen molar-refractivity contribution in [2.75, 3.05) is 13.1 Å². The zero-order valence-corrected chi connectivity index (χ0v) is 10.6. The van der Waals surface area contributed by atoms with Crippen molar-refractivity contribution in [1.29, 1.82) is 0 Å². The lowest BCUT2D eigenvalue weighted by Crippen LogP contribution is -2.40. The molecule has 0 aliphatic heterocycles. The van der Waals surface area contributed by atoms with Crippen LogP contribution in [0.25, 0.3) is 0 Å². The van der Waals surface area contributed by atoms with Crippen molar-refractivity contribution in [2.24, 2.45) is 0 Å². The third-order valence-electron chi connectivity index (χ3n) is 2.74. The number of aromatic nitrogens is 2. The standard InChI is InChI=1S/C12H22N4O/c1-3-11(4-2)15-12(17)9-13-5-7-16-8-6-14-10-16/h6,8,10-11,13H,3-5,7,9H2,1-2H3,(H,15,17). The molecular weight excluding hydrogens is 216 g/mol. The molecule has 5 heteroatoms. The second kappa shape index (κ2) is 7.84. The van der Waals surface area contributed by atoms with Crippen molar-refractivity contribution in [3.8, 4) is 0 Å². The van der Waals surface area contributed by atoms with E-state index in [0.29, 0.717) is 12.6 Å². The van der Waals surface area contributed by atoms with E-state index in [9.17, 15) is 4.79 Å². The third kappa shape index (κ3) is 5.49. The van der Waals surface area contributed by atoms with Gasteiger partial charge in [-0.25, -0.2) is 4.98 Å². The summed E-state index contributed by atoms with van der Waals surface area (Å²) in [6, 6.07) is 0.304. The molecule has 2 N–H and O–H groups in total. The van der Waals surface area contributed by atoms with E-state index in [4.69, 9.17) is 0 Å². The number of rotatable bonds is 8. The van der Waals surface area contributed by atoms with E-state index in [0.717, 1.165) is 25.9 Å². The normalized spacial score (nSPS) is 10.8. The number of hydrogen-bond donors (Lipinski definition) is 2. The number of carbonyl (C=O) groups excluding carboxylic acids is 1. The van der Waals surface area contributed by atoms with Gasteiger partial charge in [0.1, 0.15) is 0 Å². The van der Waals surface area contributed by atoms with Gasteiger partial charge in [-0.2, -0.15) is 0 Å². The molecule has 0 fully saturated rings. The van der Waals surface area contributed by atoms with E-state index in [1.807, 2.05) is 10.8 Å². The minimum absolute atomic E-state index is 0.0735. The minimum atomic E-state index is 0.0735. The van der Waals surface area contributed by atoms with Crippen LogP contribution in [0, 0.1) is 0 Å². The van der Waals surface area contributed by atoms with Crippen LogP contribution in [0.5, 0.6) is 0 Å². The molecule has 17 heavy (non-hydrogen) atoms. The van der Waals surface area contributed by atoms with Crippen molar-refractivity contribution >= 4 is 5.91 Å². The summed E-state index contributed by atoms with van der Waals surface area (Å²) < 4.78 is 1.98. The van der Waals surface area contributed by atoms with Gasteiger partial charge in [0.25, 0.3) is 0 Å². The first kappa shape index (κ1) is 13.7. The Hall–Kier alpha value is -1.36. The minimum Gasteiger partial charge on any atom is -0.352 e. The molecule has 0 spiro atoms. The Bertz CT molecular complexity index is 306. The Morgan fingerprint density at radius 1 is 1.41 bits per heavy atom. The van der Waals surface area contributed by atoms with Gasteiger partial charge in [0.15, 0.2) is 0 Å². The predicted molar refractivity (Wildman–Crippen MR) is 67.6 cm³/mol. The van der Waals surface area contributed by atoms with E-state index in [-0.39, 0.29) is 5.91 Å². The fourth-order valence-corrected chi connectivity index (χ4v) is 1.60. The molecule has 0 aromatic carbocycles. The van der Waals surface area contributed by atoms with Crippen LogP contribution in [-0.2, 0) is 11.3 Å². The number of nitrogens with one attached hydrogen (secondary N) is 2. The number of amides is 1. The van der Waals surface area contributed by atoms with Crippen LogP contribution in [0.15, 0.2) is 18.7 Å². The zero-order valence-electron chi connectivity index (χ0n) is 10.6. The van der Waals surface area contributed by atoms with Crippen molar-refractivity contribution in [1.82, 2.24) is 20.2 Å². The third-order valence-corrected chi connectivity index (χ3v) is 2.74. The van der Waals surface area contributed by atoms with Crippen molar-refractivity contribution < 1.29 is 4.79 Å². The summed E-state index contributed by atoms with van der Waals surface area (Å²) in [6.07, 6.45) is 7.40. The Kier molecular flexibility index (Phi) is 6.32. The lowest BCUT2D eigenvalue weighted by Gasteiger charge is -2.14. The molecule has 0 radical (unpaired) electrons. The van der Waals surface area contributed by atoms with Gasteiger partial charge in [-0.1, -0.05) is 13.8 Å². The summed E-state index contributed by atoms with van der Waals surface area (Å²) in [5.74, 6) is 0.0735. The average molecular weight is 238 g/mol. The first-order chi connectivity index (χ1) is 8.26. The molecule has 1 aromatic heterocycles. The van der Waals surface area contributed by atoms with Gasteiger partial charge in [0.05, 0.1) is 12.9 Å². The van der Waals surface area contributed by atoms with Gasteiger partial charge in [0.2, 0.25) is 5.91 Å². The summed E-state index contributed by atoms with van der Waals surface area (Å²) >= 11 is 0. The average Bonchev–Trinajstić information content (AvgIpc) is 2.84. The largest absolute Gasteiger partial charge is 0.352 e. The first-order valence-electron chi connectivity index (χ1n) is 6.22. The Morgan fingerprint density at radius 2 is 2.18 bits per heavy atom. The van der Waals surface area contributed by atoms with E-state index in [1.54, 1.807) is 12.5 Å². The molecule has 0 atom stereocenters. The van der Waals surface area contributed by atoms with E-state index >= 15 is 0 Å². The maximum absolute atomic E-state index is 11.5. The highest BCUT2D eigenvalue weighted by Crippen LogP contribution is 1.94. The summed E-state index contributed by atoms with van der Waals surface area (Å²) in [6.45, 7) is 6.15. The van der Waals surface area contributed by atoms with Gasteiger partial charge in [-0.05, 0) is 12.8 Å². The lowest BCUT2D eigenvalue weighted by molar-refractivity contribution is -0.121. The molecule has 1 aromatic rings. The fourth-order valence-electron chi connectivity index (χ4n) is 1.60. The van der Waals surface area contributed by atoms with Crippen molar-refractivity contribution in [3.05, 3.63) is 18.7 Å². The van der Waals surface area contributed by atoms with E-state index in [2.05, 4.69) is 29.5 Å². The van der Waals surface area contributed by atoms with Gasteiger partial charge < -0.3 is 15.2 Å². The highest BCUT2D eigenvalue weighted by Gasteiger charge is 2.06. The van der Waals surface area contributed by atoms with Crippen molar-refractivity contribution in [2.45, 2.75) is 39.3 Å². The summed E-state index contributed by atoms with van der Waals surface area (Å²) in [7, 11) is 0. The molecule has 96 valence electrons. The number of carbonyl (C=O) groups is 1. The molecule has 1 heterocycles.